The molecule has 3 aromatic rings. The summed E-state index contributed by atoms with van der Waals surface area (Å²) in [6.07, 6.45) is 11.5. The van der Waals surface area contributed by atoms with Crippen molar-refractivity contribution in [2.45, 2.75) is 48.3 Å². The summed E-state index contributed by atoms with van der Waals surface area (Å²) in [5, 5.41) is 8.11. The van der Waals surface area contributed by atoms with Crippen LogP contribution in [0.1, 0.15) is 38.5 Å². The van der Waals surface area contributed by atoms with Gasteiger partial charge in [-0.05, 0) is 43.2 Å². The number of H-pyrrole nitrogens is 1. The topological polar surface area (TPSA) is 66.8 Å². The van der Waals surface area contributed by atoms with Crippen molar-refractivity contribution in [1.29, 1.82) is 0 Å². The van der Waals surface area contributed by atoms with Gasteiger partial charge in [-0.2, -0.15) is 5.10 Å². The first-order valence-electron chi connectivity index (χ1n) is 10.1. The van der Waals surface area contributed by atoms with Crippen LogP contribution in [0.4, 0.5) is 5.95 Å². The monoisotopic (exact) mass is 395 g/mol. The van der Waals surface area contributed by atoms with Gasteiger partial charge in [0.1, 0.15) is 0 Å². The lowest BCUT2D eigenvalue weighted by molar-refractivity contribution is 0.225. The molecular weight excluding hydrogens is 370 g/mol. The number of hydrogen-bond donors (Lipinski definition) is 1. The fourth-order valence-corrected chi connectivity index (χ4v) is 5.82. The molecule has 1 aliphatic heterocycles. The summed E-state index contributed by atoms with van der Waals surface area (Å²) in [5.74, 6) is 0.795. The molecular formula is C21H25N5OS. The van der Waals surface area contributed by atoms with Crippen LogP contribution in [0.2, 0.25) is 0 Å². The Kier molecular flexibility index (Phi) is 4.42. The van der Waals surface area contributed by atoms with Crippen molar-refractivity contribution in [1.82, 2.24) is 19.7 Å². The van der Waals surface area contributed by atoms with Gasteiger partial charge in [-0.25, -0.2) is 4.98 Å². The molecule has 3 heterocycles. The molecule has 146 valence electrons. The molecule has 6 nitrogen and oxygen atoms in total. The highest BCUT2D eigenvalue weighted by molar-refractivity contribution is 7.99. The van der Waals surface area contributed by atoms with Crippen LogP contribution in [0.25, 0.3) is 10.9 Å². The van der Waals surface area contributed by atoms with Crippen LogP contribution in [-0.4, -0.2) is 32.8 Å². The van der Waals surface area contributed by atoms with E-state index in [1.54, 1.807) is 17.0 Å². The normalized spacial score (nSPS) is 19.0. The zero-order valence-corrected chi connectivity index (χ0v) is 17.0. The molecule has 1 aromatic carbocycles. The van der Waals surface area contributed by atoms with Gasteiger partial charge in [-0.1, -0.05) is 30.7 Å². The molecule has 1 saturated heterocycles. The molecule has 1 spiro atoms. The van der Waals surface area contributed by atoms with E-state index < -0.39 is 0 Å². The Labute approximate surface area is 168 Å². The molecule has 2 aromatic heterocycles. The minimum absolute atomic E-state index is 0.0108. The number of aromatic nitrogens is 4. The Morgan fingerprint density at radius 1 is 1.07 bits per heavy atom. The van der Waals surface area contributed by atoms with Crippen LogP contribution in [0.5, 0.6) is 0 Å². The lowest BCUT2D eigenvalue weighted by Gasteiger charge is -2.40. The van der Waals surface area contributed by atoms with Crippen LogP contribution in [0.15, 0.2) is 45.2 Å². The lowest BCUT2D eigenvalue weighted by atomic mass is 9.77. The fourth-order valence-electron chi connectivity index (χ4n) is 4.83. The maximum atomic E-state index is 13.0. The standard InChI is InChI=1S/C21H25N5OS/c1-25-19(27)18(28-17-6-4-5-16-15(17)13-23-24-16)14-22-20(25)26-11-9-21(10-12-26)7-2-3-8-21/h4-6,13-14H,2-3,7-12H2,1H3,(H,23,24). The quantitative estimate of drug-likeness (QED) is 0.727. The number of piperidine rings is 1. The largest absolute Gasteiger partial charge is 0.342 e. The summed E-state index contributed by atoms with van der Waals surface area (Å²) in [7, 11) is 1.84. The molecule has 1 aliphatic carbocycles. The van der Waals surface area contributed by atoms with E-state index in [-0.39, 0.29) is 5.56 Å². The molecule has 2 aliphatic rings. The van der Waals surface area contributed by atoms with E-state index in [1.807, 2.05) is 25.2 Å². The van der Waals surface area contributed by atoms with Crippen molar-refractivity contribution < 1.29 is 0 Å². The Morgan fingerprint density at radius 2 is 1.86 bits per heavy atom. The highest BCUT2D eigenvalue weighted by Gasteiger charge is 2.37. The highest BCUT2D eigenvalue weighted by atomic mass is 32.2. The van der Waals surface area contributed by atoms with Gasteiger partial charge in [-0.3, -0.25) is 14.5 Å². The van der Waals surface area contributed by atoms with E-state index in [9.17, 15) is 4.79 Å². The number of fused-ring (bicyclic) bond motifs is 1. The SMILES string of the molecule is Cn1c(N2CCC3(CCCC3)CC2)ncc(Sc2cccc3[nH]ncc23)c1=O. The summed E-state index contributed by atoms with van der Waals surface area (Å²) in [6, 6.07) is 5.97. The summed E-state index contributed by atoms with van der Waals surface area (Å²) < 4.78 is 1.71. The molecule has 2 fully saturated rings. The molecule has 7 heteroatoms. The zero-order valence-electron chi connectivity index (χ0n) is 16.1. The van der Waals surface area contributed by atoms with Crippen LogP contribution >= 0.6 is 11.8 Å². The van der Waals surface area contributed by atoms with E-state index in [4.69, 9.17) is 0 Å². The predicted molar refractivity (Wildman–Crippen MR) is 112 cm³/mol. The van der Waals surface area contributed by atoms with Crippen LogP contribution in [0.3, 0.4) is 0 Å². The Hall–Kier alpha value is -2.28. The number of nitrogens with one attached hydrogen (secondary N) is 1. The van der Waals surface area contributed by atoms with Gasteiger partial charge in [-0.15, -0.1) is 0 Å². The van der Waals surface area contributed by atoms with Gasteiger partial charge in [0.25, 0.3) is 5.56 Å². The number of anilines is 1. The zero-order chi connectivity index (χ0) is 19.1. The predicted octanol–water partition coefficient (Wildman–Crippen LogP) is 3.97. The second-order valence-corrected chi connectivity index (χ2v) is 9.25. The summed E-state index contributed by atoms with van der Waals surface area (Å²) in [4.78, 5) is 21.6. The molecule has 1 saturated carbocycles. The average Bonchev–Trinajstić information content (AvgIpc) is 3.37. The lowest BCUT2D eigenvalue weighted by Crippen LogP contribution is -2.41. The Morgan fingerprint density at radius 3 is 2.64 bits per heavy atom. The van der Waals surface area contributed by atoms with E-state index in [1.165, 1.54) is 50.3 Å². The smallest absolute Gasteiger partial charge is 0.268 e. The van der Waals surface area contributed by atoms with Crippen molar-refractivity contribution in [3.63, 3.8) is 0 Å². The van der Waals surface area contributed by atoms with Crippen molar-refractivity contribution in [2.75, 3.05) is 18.0 Å². The van der Waals surface area contributed by atoms with E-state index in [2.05, 4.69) is 20.1 Å². The van der Waals surface area contributed by atoms with Crippen molar-refractivity contribution in [3.05, 3.63) is 40.9 Å². The number of nitrogens with zero attached hydrogens (tertiary/aromatic N) is 4. The minimum atomic E-state index is 0.0108. The fraction of sp³-hybridized carbons (Fsp3) is 0.476. The van der Waals surface area contributed by atoms with Crippen molar-refractivity contribution in [2.24, 2.45) is 12.5 Å². The number of rotatable bonds is 3. The third kappa shape index (κ3) is 3.02. The first-order chi connectivity index (χ1) is 13.7. The maximum Gasteiger partial charge on any atom is 0.268 e. The second-order valence-electron chi connectivity index (χ2n) is 8.17. The third-order valence-corrected chi connectivity index (χ3v) is 7.62. The van der Waals surface area contributed by atoms with Gasteiger partial charge in [0.15, 0.2) is 0 Å². The Balaban J connectivity index is 1.39. The number of benzene rings is 1. The molecule has 0 bridgehead atoms. The first-order valence-corrected chi connectivity index (χ1v) is 10.9. The van der Waals surface area contributed by atoms with Crippen LogP contribution < -0.4 is 10.5 Å². The van der Waals surface area contributed by atoms with Gasteiger partial charge in [0.2, 0.25) is 5.95 Å². The highest BCUT2D eigenvalue weighted by Crippen LogP contribution is 2.46. The first kappa shape index (κ1) is 17.8. The van der Waals surface area contributed by atoms with Crippen LogP contribution in [0, 0.1) is 5.41 Å². The van der Waals surface area contributed by atoms with Crippen molar-refractivity contribution >= 4 is 28.6 Å². The van der Waals surface area contributed by atoms with Gasteiger partial charge in [0, 0.05) is 30.4 Å². The molecule has 0 radical (unpaired) electrons. The molecule has 1 N–H and O–H groups in total. The van der Waals surface area contributed by atoms with E-state index in [0.717, 1.165) is 34.8 Å². The van der Waals surface area contributed by atoms with E-state index in [0.29, 0.717) is 10.3 Å². The van der Waals surface area contributed by atoms with Gasteiger partial charge < -0.3 is 4.90 Å². The molecule has 0 unspecified atom stereocenters. The average molecular weight is 396 g/mol. The third-order valence-electron chi connectivity index (χ3n) is 6.55. The number of aromatic amines is 1. The van der Waals surface area contributed by atoms with Gasteiger partial charge in [0.05, 0.1) is 22.8 Å². The summed E-state index contributed by atoms with van der Waals surface area (Å²) in [5.41, 5.74) is 1.55. The molecule has 0 atom stereocenters. The van der Waals surface area contributed by atoms with Crippen LogP contribution in [-0.2, 0) is 7.05 Å². The van der Waals surface area contributed by atoms with Crippen molar-refractivity contribution in [3.8, 4) is 0 Å². The number of hydrogen-bond acceptors (Lipinski definition) is 5. The summed E-state index contributed by atoms with van der Waals surface area (Å²) in [6.45, 7) is 2.00. The molecule has 0 amide bonds. The van der Waals surface area contributed by atoms with Gasteiger partial charge >= 0.3 is 0 Å². The summed E-state index contributed by atoms with van der Waals surface area (Å²) >= 11 is 1.46. The Bertz CT molecular complexity index is 1060. The second kappa shape index (κ2) is 6.95. The molecule has 28 heavy (non-hydrogen) atoms. The minimum Gasteiger partial charge on any atom is -0.342 e. The van der Waals surface area contributed by atoms with E-state index >= 15 is 0 Å². The molecule has 5 rings (SSSR count). The maximum absolute atomic E-state index is 13.0.